The maximum absolute atomic E-state index is 11.9. The van der Waals surface area contributed by atoms with E-state index in [9.17, 15) is 13.2 Å². The zero-order chi connectivity index (χ0) is 14.5. The van der Waals surface area contributed by atoms with E-state index in [1.54, 1.807) is 0 Å². The van der Waals surface area contributed by atoms with Gasteiger partial charge in [-0.3, -0.25) is 4.79 Å². The van der Waals surface area contributed by atoms with Crippen LogP contribution in [0.5, 0.6) is 0 Å². The predicted molar refractivity (Wildman–Crippen MR) is 80.5 cm³/mol. The van der Waals surface area contributed by atoms with Crippen LogP contribution in [0.2, 0.25) is 0 Å². The highest BCUT2D eigenvalue weighted by atomic mass is 35.5. The van der Waals surface area contributed by atoms with E-state index in [4.69, 9.17) is 5.73 Å². The predicted octanol–water partition coefficient (Wildman–Crippen LogP) is 0.484. The van der Waals surface area contributed by atoms with Crippen molar-refractivity contribution in [2.45, 2.75) is 24.3 Å². The first kappa shape index (κ1) is 18.9. The number of nitrogens with two attached hydrogens (primary N) is 1. The number of nitrogens with one attached hydrogen (secondary N) is 2. The Morgan fingerprint density at radius 2 is 1.85 bits per heavy atom. The molecule has 0 saturated carbocycles. The summed E-state index contributed by atoms with van der Waals surface area (Å²) in [7, 11) is -2.03. The third-order valence-electron chi connectivity index (χ3n) is 2.55. The van der Waals surface area contributed by atoms with Crippen LogP contribution >= 0.6 is 12.4 Å². The monoisotopic (exact) mass is 321 g/mol. The highest BCUT2D eigenvalue weighted by Crippen LogP contribution is 2.10. The number of amides is 1. The minimum atomic E-state index is -3.54. The van der Waals surface area contributed by atoms with E-state index in [1.807, 2.05) is 6.92 Å². The van der Waals surface area contributed by atoms with Gasteiger partial charge in [0.25, 0.3) is 5.91 Å². The van der Waals surface area contributed by atoms with Crippen molar-refractivity contribution >= 4 is 28.3 Å². The van der Waals surface area contributed by atoms with E-state index in [-0.39, 0.29) is 35.8 Å². The topological polar surface area (TPSA) is 101 Å². The lowest BCUT2D eigenvalue weighted by Gasteiger charge is -2.08. The molecule has 0 spiro atoms. The zero-order valence-electron chi connectivity index (χ0n) is 11.4. The standard InChI is InChI=1S/C12H19N3O3S.ClH/c1-9(13)7-8-15-19(17,18)11-5-3-10(4-6-11)12(16)14-2;/h3-6,9,15H,7-8,13H2,1-2H3,(H,14,16);1H. The van der Waals surface area contributed by atoms with E-state index in [0.29, 0.717) is 12.0 Å². The highest BCUT2D eigenvalue weighted by molar-refractivity contribution is 7.89. The van der Waals surface area contributed by atoms with Crippen LogP contribution in [-0.2, 0) is 10.0 Å². The minimum Gasteiger partial charge on any atom is -0.355 e. The van der Waals surface area contributed by atoms with Crippen LogP contribution in [0.15, 0.2) is 29.2 Å². The van der Waals surface area contributed by atoms with Crippen molar-refractivity contribution in [3.8, 4) is 0 Å². The van der Waals surface area contributed by atoms with Gasteiger partial charge in [-0.2, -0.15) is 0 Å². The average molecular weight is 322 g/mol. The largest absolute Gasteiger partial charge is 0.355 e. The van der Waals surface area contributed by atoms with Gasteiger partial charge in [-0.05, 0) is 37.6 Å². The summed E-state index contributed by atoms with van der Waals surface area (Å²) >= 11 is 0. The first-order valence-electron chi connectivity index (χ1n) is 5.94. The van der Waals surface area contributed by atoms with Crippen molar-refractivity contribution in [3.05, 3.63) is 29.8 Å². The molecule has 1 atom stereocenters. The molecule has 1 unspecified atom stereocenters. The quantitative estimate of drug-likeness (QED) is 0.709. The van der Waals surface area contributed by atoms with E-state index >= 15 is 0 Å². The number of carbonyl (C=O) groups is 1. The van der Waals surface area contributed by atoms with Crippen molar-refractivity contribution in [1.82, 2.24) is 10.0 Å². The van der Waals surface area contributed by atoms with Crippen LogP contribution in [0.25, 0.3) is 0 Å². The van der Waals surface area contributed by atoms with Crippen LogP contribution in [-0.4, -0.2) is 34.0 Å². The summed E-state index contributed by atoms with van der Waals surface area (Å²) in [6, 6.07) is 5.69. The smallest absolute Gasteiger partial charge is 0.251 e. The fourth-order valence-corrected chi connectivity index (χ4v) is 2.48. The second-order valence-electron chi connectivity index (χ2n) is 4.27. The molecule has 20 heavy (non-hydrogen) atoms. The Hall–Kier alpha value is -1.15. The van der Waals surface area contributed by atoms with Crippen LogP contribution < -0.4 is 15.8 Å². The molecule has 1 aromatic carbocycles. The first-order chi connectivity index (χ1) is 8.86. The van der Waals surface area contributed by atoms with Crippen molar-refractivity contribution in [2.75, 3.05) is 13.6 Å². The maximum atomic E-state index is 11.9. The Morgan fingerprint density at radius 1 is 1.30 bits per heavy atom. The van der Waals surface area contributed by atoms with Crippen molar-refractivity contribution in [2.24, 2.45) is 5.73 Å². The minimum absolute atomic E-state index is 0. The Kier molecular flexibility index (Phi) is 7.74. The molecule has 0 aliphatic carbocycles. The van der Waals surface area contributed by atoms with Gasteiger partial charge >= 0.3 is 0 Å². The van der Waals surface area contributed by atoms with E-state index in [1.165, 1.54) is 31.3 Å². The molecule has 0 aliphatic heterocycles. The Morgan fingerprint density at radius 3 is 2.30 bits per heavy atom. The molecule has 0 aromatic heterocycles. The molecule has 1 amide bonds. The van der Waals surface area contributed by atoms with Crippen molar-refractivity contribution in [3.63, 3.8) is 0 Å². The third kappa shape index (κ3) is 5.46. The molecule has 1 aromatic rings. The summed E-state index contributed by atoms with van der Waals surface area (Å²) in [5, 5.41) is 2.47. The number of sulfonamides is 1. The summed E-state index contributed by atoms with van der Waals surface area (Å²) in [5.74, 6) is -0.256. The van der Waals surface area contributed by atoms with E-state index < -0.39 is 10.0 Å². The van der Waals surface area contributed by atoms with Crippen LogP contribution in [0.3, 0.4) is 0 Å². The third-order valence-corrected chi connectivity index (χ3v) is 4.02. The average Bonchev–Trinajstić information content (AvgIpc) is 2.37. The Bertz CT molecular complexity index is 529. The number of rotatable bonds is 6. The molecule has 0 fully saturated rings. The highest BCUT2D eigenvalue weighted by Gasteiger charge is 2.14. The second kappa shape index (κ2) is 8.21. The molecule has 0 heterocycles. The van der Waals surface area contributed by atoms with Gasteiger partial charge in [-0.1, -0.05) is 0 Å². The van der Waals surface area contributed by atoms with E-state index in [0.717, 1.165) is 0 Å². The fourth-order valence-electron chi connectivity index (χ4n) is 1.43. The van der Waals surface area contributed by atoms with Gasteiger partial charge in [0.05, 0.1) is 4.90 Å². The Balaban J connectivity index is 0.00000361. The van der Waals surface area contributed by atoms with Gasteiger partial charge in [0.2, 0.25) is 10.0 Å². The first-order valence-corrected chi connectivity index (χ1v) is 7.42. The molecule has 0 bridgehead atoms. The van der Waals surface area contributed by atoms with Crippen LogP contribution in [0.4, 0.5) is 0 Å². The van der Waals surface area contributed by atoms with Crippen molar-refractivity contribution in [1.29, 1.82) is 0 Å². The lowest BCUT2D eigenvalue weighted by molar-refractivity contribution is 0.0963. The second-order valence-corrected chi connectivity index (χ2v) is 6.03. The molecule has 0 radical (unpaired) electrons. The van der Waals surface area contributed by atoms with Gasteiger partial charge < -0.3 is 11.1 Å². The molecule has 0 aliphatic rings. The number of hydrogen-bond acceptors (Lipinski definition) is 4. The number of benzene rings is 1. The van der Waals surface area contributed by atoms with E-state index in [2.05, 4.69) is 10.0 Å². The number of halogens is 1. The van der Waals surface area contributed by atoms with Gasteiger partial charge in [-0.25, -0.2) is 13.1 Å². The van der Waals surface area contributed by atoms with Crippen LogP contribution in [0, 0.1) is 0 Å². The zero-order valence-corrected chi connectivity index (χ0v) is 13.1. The van der Waals surface area contributed by atoms with Gasteiger partial charge in [0.15, 0.2) is 0 Å². The molecule has 114 valence electrons. The Labute approximate surface area is 125 Å². The lowest BCUT2D eigenvalue weighted by Crippen LogP contribution is -2.29. The summed E-state index contributed by atoms with van der Waals surface area (Å²) < 4.78 is 26.3. The molecular formula is C12H20ClN3O3S. The normalized spacial score (nSPS) is 12.3. The molecule has 6 nitrogen and oxygen atoms in total. The van der Waals surface area contributed by atoms with Gasteiger partial charge in [0, 0.05) is 25.2 Å². The maximum Gasteiger partial charge on any atom is 0.251 e. The summed E-state index contributed by atoms with van der Waals surface area (Å²) in [6.07, 6.45) is 0.565. The lowest BCUT2D eigenvalue weighted by atomic mass is 10.2. The molecule has 1 rings (SSSR count). The molecule has 4 N–H and O–H groups in total. The van der Waals surface area contributed by atoms with Gasteiger partial charge in [0.1, 0.15) is 0 Å². The summed E-state index contributed by atoms with van der Waals surface area (Å²) in [4.78, 5) is 11.5. The summed E-state index contributed by atoms with van der Waals surface area (Å²) in [5.41, 5.74) is 5.96. The number of carbonyl (C=O) groups excluding carboxylic acids is 1. The summed E-state index contributed by atoms with van der Waals surface area (Å²) in [6.45, 7) is 2.10. The molecular weight excluding hydrogens is 302 g/mol. The molecule has 0 saturated heterocycles. The van der Waals surface area contributed by atoms with Gasteiger partial charge in [-0.15, -0.1) is 12.4 Å². The molecule has 8 heteroatoms. The SMILES string of the molecule is CNC(=O)c1ccc(S(=O)(=O)NCCC(C)N)cc1.Cl. The number of hydrogen-bond donors (Lipinski definition) is 3. The fraction of sp³-hybridized carbons (Fsp3) is 0.417. The van der Waals surface area contributed by atoms with Crippen LogP contribution in [0.1, 0.15) is 23.7 Å². The van der Waals surface area contributed by atoms with Crippen molar-refractivity contribution < 1.29 is 13.2 Å².